The number of carbonyl (C=O) groups is 1. The van der Waals surface area contributed by atoms with E-state index in [0.29, 0.717) is 0 Å². The number of halogens is 2. The fraction of sp³-hybridized carbons (Fsp3) is 0.300. The van der Waals surface area contributed by atoms with Gasteiger partial charge in [-0.05, 0) is 26.0 Å². The number of rotatable bonds is 2. The van der Waals surface area contributed by atoms with Gasteiger partial charge >= 0.3 is 0 Å². The minimum atomic E-state index is -1.14. The van der Waals surface area contributed by atoms with E-state index in [9.17, 15) is 13.6 Å². The molecule has 0 atom stereocenters. The summed E-state index contributed by atoms with van der Waals surface area (Å²) < 4.78 is 25.8. The largest absolute Gasteiger partial charge is 0.322 e. The molecule has 0 aliphatic heterocycles. The van der Waals surface area contributed by atoms with Crippen LogP contribution in [0.15, 0.2) is 18.2 Å². The summed E-state index contributed by atoms with van der Waals surface area (Å²) in [6, 6.07) is 2.81. The Labute approximate surface area is 86.3 Å². The summed E-state index contributed by atoms with van der Waals surface area (Å²) in [5.74, 6) is -1.90. The van der Waals surface area contributed by atoms with E-state index >= 15 is 0 Å². The van der Waals surface area contributed by atoms with Crippen LogP contribution >= 0.6 is 0 Å². The van der Waals surface area contributed by atoms with Crippen molar-refractivity contribution in [3.8, 4) is 0 Å². The highest BCUT2D eigenvalue weighted by Gasteiger charge is 2.22. The second kappa shape index (κ2) is 3.94. The van der Waals surface area contributed by atoms with Gasteiger partial charge in [0.2, 0.25) is 5.91 Å². The summed E-state index contributed by atoms with van der Waals surface area (Å²) in [5.41, 5.74) is 4.14. The molecule has 3 N–H and O–H groups in total. The quantitative estimate of drug-likeness (QED) is 0.786. The van der Waals surface area contributed by atoms with E-state index in [4.69, 9.17) is 5.73 Å². The highest BCUT2D eigenvalue weighted by Crippen LogP contribution is 2.16. The maximum absolute atomic E-state index is 13.1. The van der Waals surface area contributed by atoms with Crippen molar-refractivity contribution in [3.63, 3.8) is 0 Å². The minimum Gasteiger partial charge on any atom is -0.322 e. The third-order valence-electron chi connectivity index (χ3n) is 1.76. The Bertz CT molecular complexity index is 385. The van der Waals surface area contributed by atoms with E-state index in [1.165, 1.54) is 13.8 Å². The summed E-state index contributed by atoms with van der Waals surface area (Å²) in [6.07, 6.45) is 0. The lowest BCUT2D eigenvalue weighted by Gasteiger charge is -2.17. The van der Waals surface area contributed by atoms with Gasteiger partial charge in [-0.15, -0.1) is 0 Å². The maximum atomic E-state index is 13.1. The van der Waals surface area contributed by atoms with Crippen molar-refractivity contribution in [2.45, 2.75) is 19.4 Å². The molecule has 0 radical (unpaired) electrons. The van der Waals surface area contributed by atoms with Crippen LogP contribution in [0.3, 0.4) is 0 Å². The number of anilines is 1. The molecule has 0 unspecified atom stereocenters. The zero-order valence-electron chi connectivity index (χ0n) is 8.47. The molecule has 1 aromatic carbocycles. The molecule has 0 saturated carbocycles. The van der Waals surface area contributed by atoms with E-state index in [2.05, 4.69) is 5.32 Å². The van der Waals surface area contributed by atoms with Crippen LogP contribution in [0.5, 0.6) is 0 Å². The van der Waals surface area contributed by atoms with Gasteiger partial charge in [-0.2, -0.15) is 0 Å². The number of carbonyl (C=O) groups excluding carboxylic acids is 1. The van der Waals surface area contributed by atoms with E-state index < -0.39 is 23.1 Å². The molecule has 82 valence electrons. The molecular weight excluding hydrogens is 202 g/mol. The van der Waals surface area contributed by atoms with Gasteiger partial charge in [0.1, 0.15) is 11.6 Å². The molecule has 1 rings (SSSR count). The molecular formula is C10H12F2N2O. The number of nitrogens with two attached hydrogens (primary N) is 1. The molecule has 0 bridgehead atoms. The van der Waals surface area contributed by atoms with Gasteiger partial charge in [0.25, 0.3) is 0 Å². The van der Waals surface area contributed by atoms with Gasteiger partial charge in [0.05, 0.1) is 11.2 Å². The minimum absolute atomic E-state index is 0.210. The van der Waals surface area contributed by atoms with Gasteiger partial charge in [0.15, 0.2) is 0 Å². The Morgan fingerprint density at radius 1 is 1.40 bits per heavy atom. The van der Waals surface area contributed by atoms with Crippen molar-refractivity contribution >= 4 is 11.6 Å². The second-order valence-corrected chi connectivity index (χ2v) is 3.80. The highest BCUT2D eigenvalue weighted by molar-refractivity contribution is 5.97. The highest BCUT2D eigenvalue weighted by atomic mass is 19.1. The van der Waals surface area contributed by atoms with Gasteiger partial charge in [-0.1, -0.05) is 0 Å². The summed E-state index contributed by atoms with van der Waals surface area (Å²) in [6.45, 7) is 2.94. The fourth-order valence-electron chi connectivity index (χ4n) is 0.877. The lowest BCUT2D eigenvalue weighted by atomic mass is 10.1. The Balaban J connectivity index is 2.90. The number of benzene rings is 1. The van der Waals surface area contributed by atoms with E-state index in [-0.39, 0.29) is 5.69 Å². The molecule has 0 spiro atoms. The molecule has 0 aliphatic carbocycles. The molecule has 15 heavy (non-hydrogen) atoms. The molecule has 1 aromatic rings. The van der Waals surface area contributed by atoms with Crippen molar-refractivity contribution in [1.82, 2.24) is 0 Å². The van der Waals surface area contributed by atoms with Crippen molar-refractivity contribution in [2.24, 2.45) is 5.73 Å². The van der Waals surface area contributed by atoms with Gasteiger partial charge < -0.3 is 11.1 Å². The first-order valence-corrected chi connectivity index (χ1v) is 4.36. The van der Waals surface area contributed by atoms with Crippen LogP contribution in [0.4, 0.5) is 14.5 Å². The van der Waals surface area contributed by atoms with E-state index in [0.717, 1.165) is 18.2 Å². The number of hydrogen-bond donors (Lipinski definition) is 2. The Morgan fingerprint density at radius 2 is 2.00 bits per heavy atom. The Morgan fingerprint density at radius 3 is 2.53 bits per heavy atom. The van der Waals surface area contributed by atoms with Crippen molar-refractivity contribution in [3.05, 3.63) is 29.8 Å². The number of amides is 1. The average Bonchev–Trinajstić information content (AvgIpc) is 2.09. The monoisotopic (exact) mass is 214 g/mol. The first kappa shape index (κ1) is 11.6. The van der Waals surface area contributed by atoms with Crippen molar-refractivity contribution < 1.29 is 13.6 Å². The third-order valence-corrected chi connectivity index (χ3v) is 1.76. The molecule has 0 fully saturated rings. The number of hydrogen-bond acceptors (Lipinski definition) is 2. The van der Waals surface area contributed by atoms with Crippen LogP contribution in [-0.2, 0) is 4.79 Å². The van der Waals surface area contributed by atoms with Crippen molar-refractivity contribution in [2.75, 3.05) is 5.32 Å². The Kier molecular flexibility index (Phi) is 3.04. The van der Waals surface area contributed by atoms with Crippen LogP contribution in [0.1, 0.15) is 13.8 Å². The van der Waals surface area contributed by atoms with Crippen LogP contribution in [0.25, 0.3) is 0 Å². The van der Waals surface area contributed by atoms with Crippen molar-refractivity contribution in [1.29, 1.82) is 0 Å². The first-order valence-electron chi connectivity index (χ1n) is 4.36. The lowest BCUT2D eigenvalue weighted by Crippen LogP contribution is -2.45. The molecule has 3 nitrogen and oxygen atoms in total. The van der Waals surface area contributed by atoms with Crippen LogP contribution in [0, 0.1) is 11.6 Å². The maximum Gasteiger partial charge on any atom is 0.243 e. The molecule has 0 aromatic heterocycles. The smallest absolute Gasteiger partial charge is 0.243 e. The predicted octanol–water partition coefficient (Wildman–Crippen LogP) is 1.64. The molecule has 0 heterocycles. The summed E-state index contributed by atoms with van der Waals surface area (Å²) in [5, 5.41) is 2.21. The number of nitrogens with one attached hydrogen (secondary N) is 1. The molecule has 0 saturated heterocycles. The van der Waals surface area contributed by atoms with Gasteiger partial charge in [-0.25, -0.2) is 8.78 Å². The predicted molar refractivity (Wildman–Crippen MR) is 53.3 cm³/mol. The third kappa shape index (κ3) is 2.99. The molecule has 5 heteroatoms. The van der Waals surface area contributed by atoms with Gasteiger partial charge in [0, 0.05) is 6.07 Å². The van der Waals surface area contributed by atoms with Crippen LogP contribution in [0.2, 0.25) is 0 Å². The van der Waals surface area contributed by atoms with Crippen LogP contribution in [-0.4, -0.2) is 11.4 Å². The van der Waals surface area contributed by atoms with E-state index in [1.807, 2.05) is 0 Å². The molecule has 1 amide bonds. The topological polar surface area (TPSA) is 55.1 Å². The lowest BCUT2D eigenvalue weighted by molar-refractivity contribution is -0.120. The summed E-state index contributed by atoms with van der Waals surface area (Å²) in [7, 11) is 0. The Hall–Kier alpha value is -1.49. The van der Waals surface area contributed by atoms with Gasteiger partial charge in [-0.3, -0.25) is 4.79 Å². The fourth-order valence-corrected chi connectivity index (χ4v) is 0.877. The normalized spacial score (nSPS) is 11.3. The summed E-state index contributed by atoms with van der Waals surface area (Å²) >= 11 is 0. The first-order chi connectivity index (χ1) is 6.80. The summed E-state index contributed by atoms with van der Waals surface area (Å²) in [4.78, 5) is 11.4. The SMILES string of the molecule is CC(C)(N)C(=O)Nc1cc(F)ccc1F. The van der Waals surface area contributed by atoms with Crippen LogP contribution < -0.4 is 11.1 Å². The zero-order valence-corrected chi connectivity index (χ0v) is 8.47. The molecule has 0 aliphatic rings. The average molecular weight is 214 g/mol. The second-order valence-electron chi connectivity index (χ2n) is 3.80. The van der Waals surface area contributed by atoms with E-state index in [1.54, 1.807) is 0 Å². The zero-order chi connectivity index (χ0) is 11.6. The standard InChI is InChI=1S/C10H12F2N2O/c1-10(2,13)9(15)14-8-5-6(11)3-4-7(8)12/h3-5H,13H2,1-2H3,(H,14,15).